The number of carbonyl (C=O) groups is 1. The number of carbonyl (C=O) groups excluding carboxylic acids is 1. The molecule has 0 unspecified atom stereocenters. The largest absolute Gasteiger partial charge is 0.454 e. The van der Waals surface area contributed by atoms with Gasteiger partial charge in [-0.05, 0) is 42.4 Å². The smallest absolute Gasteiger partial charge is 0.407 e. The average molecular weight is 625 g/mol. The number of aliphatic hydroxyl groups is 1. The maximum atomic E-state index is 14.1. The number of rotatable bonds is 15. The second-order valence-corrected chi connectivity index (χ2v) is 13.8. The fourth-order valence-electron chi connectivity index (χ4n) is 5.12. The molecule has 232 valence electrons. The topological polar surface area (TPSA) is 124 Å². The lowest BCUT2D eigenvalue weighted by Gasteiger charge is -2.35. The van der Waals surface area contributed by atoms with Crippen LogP contribution in [-0.2, 0) is 25.9 Å². The van der Waals surface area contributed by atoms with Gasteiger partial charge in [0.2, 0.25) is 16.8 Å². The van der Waals surface area contributed by atoms with Gasteiger partial charge in [0.25, 0.3) is 0 Å². The normalized spacial score (nSPS) is 18.2. The number of hydrogen-bond donors (Lipinski definition) is 2. The number of aliphatic hydroxyl groups excluding tert-OH is 1. The molecule has 2 N–H and O–H groups in total. The Balaban J connectivity index is 1.58. The maximum absolute atomic E-state index is 14.1. The molecule has 1 saturated heterocycles. The summed E-state index contributed by atoms with van der Waals surface area (Å²) in [5.74, 6) is 1.35. The number of sulfonamides is 1. The van der Waals surface area contributed by atoms with Crippen LogP contribution in [-0.4, -0.2) is 81.1 Å². The monoisotopic (exact) mass is 624 g/mol. The van der Waals surface area contributed by atoms with Gasteiger partial charge in [0, 0.05) is 31.5 Å². The van der Waals surface area contributed by atoms with Gasteiger partial charge in [-0.15, -0.1) is 11.6 Å². The molecule has 12 heteroatoms. The zero-order chi connectivity index (χ0) is 30.2. The van der Waals surface area contributed by atoms with E-state index in [9.17, 15) is 18.3 Å². The Labute approximate surface area is 253 Å². The lowest BCUT2D eigenvalue weighted by Crippen LogP contribution is -2.52. The first-order chi connectivity index (χ1) is 20.1. The lowest BCUT2D eigenvalue weighted by molar-refractivity contribution is 0.0624. The zero-order valence-electron chi connectivity index (χ0n) is 24.2. The van der Waals surface area contributed by atoms with E-state index in [1.165, 1.54) is 16.4 Å². The Hall–Kier alpha value is -2.57. The van der Waals surface area contributed by atoms with Gasteiger partial charge in [-0.25, -0.2) is 13.2 Å². The summed E-state index contributed by atoms with van der Waals surface area (Å²) in [6.45, 7) is 4.74. The molecule has 10 nitrogen and oxygen atoms in total. The lowest BCUT2D eigenvalue weighted by atomic mass is 9.87. The molecule has 1 amide bonds. The zero-order valence-corrected chi connectivity index (χ0v) is 25.7. The number of nitrogens with one attached hydrogen (secondary N) is 1. The minimum atomic E-state index is -4.08. The minimum absolute atomic E-state index is 0.0186. The van der Waals surface area contributed by atoms with E-state index in [1.807, 2.05) is 44.2 Å². The van der Waals surface area contributed by atoms with Gasteiger partial charge in [0.15, 0.2) is 11.5 Å². The van der Waals surface area contributed by atoms with Gasteiger partial charge in [-0.3, -0.25) is 0 Å². The number of hydrogen-bond acceptors (Lipinski definition) is 8. The highest BCUT2D eigenvalue weighted by Gasteiger charge is 2.36. The standard InChI is InChI=1S/C30H41ClN2O8S/c1-30(2,13-6-7-14-31)20-33(42(36,37)24-10-11-27-28(17-24)40-21-39-27)18-26(34)25(16-22-8-4-3-5-9-22)32-29(35)41-23-12-15-38-19-23/h3-5,8-11,17,23,25-26,34H,6-7,12-16,18-21H2,1-2H3,(H,32,35)/t23-,25-,26+/m0/s1. The van der Waals surface area contributed by atoms with Crippen LogP contribution in [0.1, 0.15) is 45.1 Å². The molecule has 0 aliphatic carbocycles. The van der Waals surface area contributed by atoms with E-state index >= 15 is 0 Å². The first kappa shape index (κ1) is 32.3. The highest BCUT2D eigenvalue weighted by molar-refractivity contribution is 7.89. The fourth-order valence-corrected chi connectivity index (χ4v) is 6.97. The van der Waals surface area contributed by atoms with Gasteiger partial charge in [-0.2, -0.15) is 4.31 Å². The third-order valence-corrected chi connectivity index (χ3v) is 9.52. The molecule has 4 rings (SSSR count). The summed E-state index contributed by atoms with van der Waals surface area (Å²) in [5, 5.41) is 14.4. The predicted molar refractivity (Wildman–Crippen MR) is 158 cm³/mol. The Bertz CT molecular complexity index is 1270. The van der Waals surface area contributed by atoms with Crippen LogP contribution < -0.4 is 14.8 Å². The van der Waals surface area contributed by atoms with Gasteiger partial charge >= 0.3 is 6.09 Å². The Morgan fingerprint density at radius 2 is 1.93 bits per heavy atom. The molecule has 0 bridgehead atoms. The van der Waals surface area contributed by atoms with Crippen LogP contribution in [0.5, 0.6) is 11.5 Å². The van der Waals surface area contributed by atoms with E-state index in [-0.39, 0.29) is 37.3 Å². The third-order valence-electron chi connectivity index (χ3n) is 7.44. The molecule has 0 aromatic heterocycles. The fraction of sp³-hybridized carbons (Fsp3) is 0.567. The Morgan fingerprint density at radius 3 is 2.64 bits per heavy atom. The molecule has 2 aromatic rings. The number of amides is 1. The Morgan fingerprint density at radius 1 is 1.17 bits per heavy atom. The molecule has 0 radical (unpaired) electrons. The number of fused-ring (bicyclic) bond motifs is 1. The molecule has 2 heterocycles. The molecule has 0 saturated carbocycles. The van der Waals surface area contributed by atoms with E-state index in [1.54, 1.807) is 6.07 Å². The molecule has 42 heavy (non-hydrogen) atoms. The summed E-state index contributed by atoms with van der Waals surface area (Å²) in [7, 11) is -4.08. The van der Waals surface area contributed by atoms with Crippen molar-refractivity contribution in [1.29, 1.82) is 0 Å². The summed E-state index contributed by atoms with van der Waals surface area (Å²) < 4.78 is 51.0. The second-order valence-electron chi connectivity index (χ2n) is 11.5. The van der Waals surface area contributed by atoms with Crippen LogP contribution in [0.15, 0.2) is 53.4 Å². The first-order valence-corrected chi connectivity index (χ1v) is 16.3. The van der Waals surface area contributed by atoms with Crippen LogP contribution in [0.4, 0.5) is 4.79 Å². The molecule has 2 aliphatic heterocycles. The summed E-state index contributed by atoms with van der Waals surface area (Å²) in [5.41, 5.74) is 0.455. The highest BCUT2D eigenvalue weighted by atomic mass is 35.5. The molecule has 0 spiro atoms. The van der Waals surface area contributed by atoms with Crippen molar-refractivity contribution >= 4 is 27.7 Å². The van der Waals surface area contributed by atoms with E-state index in [2.05, 4.69) is 5.32 Å². The van der Waals surface area contributed by atoms with Crippen molar-refractivity contribution in [2.24, 2.45) is 5.41 Å². The van der Waals surface area contributed by atoms with Crippen molar-refractivity contribution in [3.63, 3.8) is 0 Å². The van der Waals surface area contributed by atoms with E-state index in [4.69, 9.17) is 30.5 Å². The minimum Gasteiger partial charge on any atom is -0.454 e. The quantitative estimate of drug-likeness (QED) is 0.222. The maximum Gasteiger partial charge on any atom is 0.407 e. The van der Waals surface area contributed by atoms with Gasteiger partial charge in [-0.1, -0.05) is 50.6 Å². The highest BCUT2D eigenvalue weighted by Crippen LogP contribution is 2.36. The Kier molecular flexibility index (Phi) is 11.4. The van der Waals surface area contributed by atoms with Crippen LogP contribution >= 0.6 is 11.6 Å². The molecule has 1 fully saturated rings. The van der Waals surface area contributed by atoms with E-state index in [0.29, 0.717) is 37.0 Å². The van der Waals surface area contributed by atoms with Crippen LogP contribution in [0.3, 0.4) is 0 Å². The summed E-state index contributed by atoms with van der Waals surface area (Å²) in [6.07, 6.45) is 0.971. The molecule has 2 aromatic carbocycles. The van der Waals surface area contributed by atoms with Gasteiger partial charge < -0.3 is 29.4 Å². The molecular weight excluding hydrogens is 584 g/mol. The third kappa shape index (κ3) is 8.97. The number of halogens is 1. The van der Waals surface area contributed by atoms with E-state index in [0.717, 1.165) is 24.8 Å². The van der Waals surface area contributed by atoms with Gasteiger partial charge in [0.05, 0.1) is 30.3 Å². The number of ether oxygens (including phenoxy) is 4. The molecular formula is C30H41ClN2O8S. The van der Waals surface area contributed by atoms with Crippen molar-refractivity contribution in [2.75, 3.05) is 39.0 Å². The molecule has 3 atom stereocenters. The van der Waals surface area contributed by atoms with E-state index < -0.39 is 33.7 Å². The number of alkyl halides is 1. The van der Waals surface area contributed by atoms with Crippen LogP contribution in [0.25, 0.3) is 0 Å². The van der Waals surface area contributed by atoms with Gasteiger partial charge in [0.1, 0.15) is 6.10 Å². The number of unbranched alkanes of at least 4 members (excludes halogenated alkanes) is 1. The second kappa shape index (κ2) is 14.7. The van der Waals surface area contributed by atoms with Crippen LogP contribution in [0.2, 0.25) is 0 Å². The van der Waals surface area contributed by atoms with Crippen molar-refractivity contribution in [2.45, 2.75) is 69.1 Å². The van der Waals surface area contributed by atoms with Crippen molar-refractivity contribution in [3.8, 4) is 11.5 Å². The average Bonchev–Trinajstić information content (AvgIpc) is 3.64. The van der Waals surface area contributed by atoms with Crippen molar-refractivity contribution in [1.82, 2.24) is 9.62 Å². The van der Waals surface area contributed by atoms with Crippen LogP contribution in [0, 0.1) is 5.41 Å². The predicted octanol–water partition coefficient (Wildman–Crippen LogP) is 4.33. The SMILES string of the molecule is CC(C)(CCCCCl)CN(C[C@@H](O)[C@H](Cc1ccccc1)NC(=O)O[C@H]1CCOC1)S(=O)(=O)c1ccc2c(c1)OCO2. The van der Waals surface area contributed by atoms with Crippen molar-refractivity contribution in [3.05, 3.63) is 54.1 Å². The summed E-state index contributed by atoms with van der Waals surface area (Å²) in [4.78, 5) is 12.9. The summed E-state index contributed by atoms with van der Waals surface area (Å²) in [6, 6.07) is 13.1. The number of benzene rings is 2. The van der Waals surface area contributed by atoms with Crippen molar-refractivity contribution < 1.29 is 37.3 Å². The number of nitrogens with zero attached hydrogens (tertiary/aromatic N) is 1. The molecule has 2 aliphatic rings. The first-order valence-electron chi connectivity index (χ1n) is 14.3. The number of alkyl carbamates (subject to hydrolysis) is 1. The summed E-state index contributed by atoms with van der Waals surface area (Å²) >= 11 is 5.89.